The molecule has 0 fully saturated rings. The van der Waals surface area contributed by atoms with Crippen molar-refractivity contribution in [1.82, 2.24) is 4.98 Å². The first-order valence-corrected chi connectivity index (χ1v) is 6.54. The zero-order valence-electron chi connectivity index (χ0n) is 11.8. The van der Waals surface area contributed by atoms with E-state index in [0.29, 0.717) is 16.9 Å². The summed E-state index contributed by atoms with van der Waals surface area (Å²) in [6, 6.07) is 5.01. The first-order chi connectivity index (χ1) is 9.95. The van der Waals surface area contributed by atoms with E-state index in [1.165, 1.54) is 18.5 Å². The number of rotatable bonds is 5. The summed E-state index contributed by atoms with van der Waals surface area (Å²) < 4.78 is 31.4. The second-order valence-electron chi connectivity index (χ2n) is 4.92. The summed E-state index contributed by atoms with van der Waals surface area (Å²) in [5.41, 5.74) is 0.784. The van der Waals surface area contributed by atoms with Gasteiger partial charge in [0.15, 0.2) is 17.4 Å². The maximum atomic E-state index is 13.1. The van der Waals surface area contributed by atoms with Crippen molar-refractivity contribution in [1.29, 1.82) is 0 Å². The van der Waals surface area contributed by atoms with Crippen LogP contribution in [0.5, 0.6) is 5.75 Å². The fraction of sp³-hybridized carbons (Fsp3) is 0.250. The minimum atomic E-state index is -0.963. The number of pyridine rings is 1. The minimum Gasteiger partial charge on any atom is -0.489 e. The predicted molar refractivity (Wildman–Crippen MR) is 74.4 cm³/mol. The lowest BCUT2D eigenvalue weighted by Gasteiger charge is -2.10. The minimum absolute atomic E-state index is 0.0238. The van der Waals surface area contributed by atoms with Crippen molar-refractivity contribution >= 4 is 5.78 Å². The van der Waals surface area contributed by atoms with Gasteiger partial charge in [-0.15, -0.1) is 0 Å². The van der Waals surface area contributed by atoms with Crippen LogP contribution in [0.3, 0.4) is 0 Å². The zero-order valence-corrected chi connectivity index (χ0v) is 11.8. The molecule has 5 heteroatoms. The van der Waals surface area contributed by atoms with Crippen LogP contribution in [0.15, 0.2) is 36.7 Å². The standard InChI is InChI=1S/C16H15F2NO2/c1-10(2)21-13-7-12(8-19-9-13)16(20)6-11-3-4-14(17)15(18)5-11/h3-5,7-10H,6H2,1-2H3. The van der Waals surface area contributed by atoms with E-state index >= 15 is 0 Å². The Bertz CT molecular complexity index is 656. The molecule has 0 unspecified atom stereocenters. The molecule has 0 N–H and O–H groups in total. The molecule has 110 valence electrons. The number of Topliss-reactive ketones (excluding diaryl/α,β-unsaturated/α-hetero) is 1. The van der Waals surface area contributed by atoms with Gasteiger partial charge in [0.25, 0.3) is 0 Å². The molecule has 3 nitrogen and oxygen atoms in total. The molecule has 0 spiro atoms. The predicted octanol–water partition coefficient (Wildman–Crippen LogP) is 3.57. The summed E-state index contributed by atoms with van der Waals surface area (Å²) in [5, 5.41) is 0. The van der Waals surface area contributed by atoms with E-state index in [2.05, 4.69) is 4.98 Å². The average Bonchev–Trinajstić information content (AvgIpc) is 2.42. The number of halogens is 2. The third kappa shape index (κ3) is 4.08. The van der Waals surface area contributed by atoms with E-state index in [1.54, 1.807) is 6.07 Å². The Kier molecular flexibility index (Phi) is 4.62. The van der Waals surface area contributed by atoms with Gasteiger partial charge in [-0.05, 0) is 37.6 Å². The summed E-state index contributed by atoms with van der Waals surface area (Å²) in [5.74, 6) is -1.63. The van der Waals surface area contributed by atoms with Gasteiger partial charge in [0.2, 0.25) is 0 Å². The van der Waals surface area contributed by atoms with Crippen molar-refractivity contribution in [2.24, 2.45) is 0 Å². The number of benzene rings is 1. The number of ether oxygens (including phenoxy) is 1. The van der Waals surface area contributed by atoms with Crippen LogP contribution in [-0.2, 0) is 6.42 Å². The SMILES string of the molecule is CC(C)Oc1cncc(C(=O)Cc2ccc(F)c(F)c2)c1. The van der Waals surface area contributed by atoms with Crippen molar-refractivity contribution in [2.45, 2.75) is 26.4 Å². The molecule has 2 rings (SSSR count). The summed E-state index contributed by atoms with van der Waals surface area (Å²) in [6.07, 6.45) is 2.90. The highest BCUT2D eigenvalue weighted by Crippen LogP contribution is 2.16. The molecule has 0 amide bonds. The Labute approximate surface area is 121 Å². The lowest BCUT2D eigenvalue weighted by molar-refractivity contribution is 0.0991. The number of carbonyl (C=O) groups is 1. The highest BCUT2D eigenvalue weighted by atomic mass is 19.2. The third-order valence-electron chi connectivity index (χ3n) is 2.76. The summed E-state index contributed by atoms with van der Waals surface area (Å²) >= 11 is 0. The number of carbonyl (C=O) groups excluding carboxylic acids is 1. The van der Waals surface area contributed by atoms with Gasteiger partial charge in [-0.25, -0.2) is 8.78 Å². The molecule has 21 heavy (non-hydrogen) atoms. The van der Waals surface area contributed by atoms with Crippen LogP contribution < -0.4 is 4.74 Å². The van der Waals surface area contributed by atoms with Crippen molar-refractivity contribution in [3.63, 3.8) is 0 Å². The molecule has 1 heterocycles. The summed E-state index contributed by atoms with van der Waals surface area (Å²) in [7, 11) is 0. The molecular formula is C16H15F2NO2. The van der Waals surface area contributed by atoms with Crippen LogP contribution in [0.1, 0.15) is 29.8 Å². The maximum absolute atomic E-state index is 13.1. The first-order valence-electron chi connectivity index (χ1n) is 6.54. The summed E-state index contributed by atoms with van der Waals surface area (Å²) in [6.45, 7) is 3.74. The Morgan fingerprint density at radius 3 is 2.62 bits per heavy atom. The van der Waals surface area contributed by atoms with Crippen molar-refractivity contribution in [3.8, 4) is 5.75 Å². The lowest BCUT2D eigenvalue weighted by atomic mass is 10.0. The third-order valence-corrected chi connectivity index (χ3v) is 2.76. The topological polar surface area (TPSA) is 39.2 Å². The lowest BCUT2D eigenvalue weighted by Crippen LogP contribution is -2.08. The van der Waals surface area contributed by atoms with Crippen LogP contribution in [-0.4, -0.2) is 16.9 Å². The van der Waals surface area contributed by atoms with E-state index in [-0.39, 0.29) is 18.3 Å². The van der Waals surface area contributed by atoms with Crippen LogP contribution in [0, 0.1) is 11.6 Å². The normalized spacial score (nSPS) is 10.7. The van der Waals surface area contributed by atoms with Crippen LogP contribution >= 0.6 is 0 Å². The quantitative estimate of drug-likeness (QED) is 0.790. The van der Waals surface area contributed by atoms with Crippen LogP contribution in [0.2, 0.25) is 0 Å². The number of hydrogen-bond donors (Lipinski definition) is 0. The molecular weight excluding hydrogens is 276 g/mol. The van der Waals surface area contributed by atoms with Gasteiger partial charge < -0.3 is 4.74 Å². The molecule has 0 saturated heterocycles. The number of ketones is 1. The van der Waals surface area contributed by atoms with Gasteiger partial charge >= 0.3 is 0 Å². The molecule has 1 aromatic heterocycles. The van der Waals surface area contributed by atoms with Gasteiger partial charge in [0.1, 0.15) is 5.75 Å². The average molecular weight is 291 g/mol. The van der Waals surface area contributed by atoms with E-state index in [0.717, 1.165) is 12.1 Å². The Balaban J connectivity index is 2.14. The fourth-order valence-electron chi connectivity index (χ4n) is 1.84. The smallest absolute Gasteiger partial charge is 0.168 e. The van der Waals surface area contributed by atoms with Crippen LogP contribution in [0.25, 0.3) is 0 Å². The second kappa shape index (κ2) is 6.43. The monoisotopic (exact) mass is 291 g/mol. The van der Waals surface area contributed by atoms with E-state index in [4.69, 9.17) is 4.74 Å². The second-order valence-corrected chi connectivity index (χ2v) is 4.92. The molecule has 0 aliphatic rings. The van der Waals surface area contributed by atoms with Crippen molar-refractivity contribution < 1.29 is 18.3 Å². The van der Waals surface area contributed by atoms with Gasteiger partial charge in [0, 0.05) is 18.2 Å². The Morgan fingerprint density at radius 1 is 1.19 bits per heavy atom. The molecule has 0 aliphatic heterocycles. The maximum Gasteiger partial charge on any atom is 0.168 e. The molecule has 0 bridgehead atoms. The number of hydrogen-bond acceptors (Lipinski definition) is 3. The fourth-order valence-corrected chi connectivity index (χ4v) is 1.84. The Morgan fingerprint density at radius 2 is 1.95 bits per heavy atom. The zero-order chi connectivity index (χ0) is 15.4. The van der Waals surface area contributed by atoms with E-state index < -0.39 is 11.6 Å². The van der Waals surface area contributed by atoms with E-state index in [9.17, 15) is 13.6 Å². The van der Waals surface area contributed by atoms with Gasteiger partial charge in [-0.3, -0.25) is 9.78 Å². The largest absolute Gasteiger partial charge is 0.489 e. The Hall–Kier alpha value is -2.30. The van der Waals surface area contributed by atoms with Crippen molar-refractivity contribution in [3.05, 3.63) is 59.4 Å². The molecule has 2 aromatic rings. The number of aromatic nitrogens is 1. The number of nitrogens with zero attached hydrogens (tertiary/aromatic N) is 1. The molecule has 0 atom stereocenters. The first kappa shape index (κ1) is 15.1. The van der Waals surface area contributed by atoms with E-state index in [1.807, 2.05) is 13.8 Å². The molecule has 0 aliphatic carbocycles. The summed E-state index contributed by atoms with van der Waals surface area (Å²) in [4.78, 5) is 16.1. The highest BCUT2D eigenvalue weighted by molar-refractivity contribution is 5.97. The molecule has 0 saturated carbocycles. The van der Waals surface area contributed by atoms with Gasteiger partial charge in [0.05, 0.1) is 12.3 Å². The van der Waals surface area contributed by atoms with Gasteiger partial charge in [-0.1, -0.05) is 6.07 Å². The molecule has 1 aromatic carbocycles. The molecule has 0 radical (unpaired) electrons. The van der Waals surface area contributed by atoms with Crippen LogP contribution in [0.4, 0.5) is 8.78 Å². The highest BCUT2D eigenvalue weighted by Gasteiger charge is 2.11. The van der Waals surface area contributed by atoms with Gasteiger partial charge in [-0.2, -0.15) is 0 Å². The van der Waals surface area contributed by atoms with Crippen molar-refractivity contribution in [2.75, 3.05) is 0 Å².